The van der Waals surface area contributed by atoms with Crippen LogP contribution in [0.1, 0.15) is 13.3 Å². The largest absolute Gasteiger partial charge is 0.497 e. The molecule has 3 amide bonds. The predicted molar refractivity (Wildman–Crippen MR) is 113 cm³/mol. The number of ether oxygens (including phenoxy) is 1. The summed E-state index contributed by atoms with van der Waals surface area (Å²) in [5.74, 6) is 0.0000976. The zero-order valence-electron chi connectivity index (χ0n) is 17.7. The molecule has 1 aromatic rings. The molecule has 2 aliphatic heterocycles. The number of carbonyl (C=O) groups is 3. The quantitative estimate of drug-likeness (QED) is 0.648. The van der Waals surface area contributed by atoms with Crippen molar-refractivity contribution in [1.82, 2.24) is 20.0 Å². The van der Waals surface area contributed by atoms with Crippen LogP contribution in [0.4, 0.5) is 5.69 Å². The van der Waals surface area contributed by atoms with E-state index in [4.69, 9.17) is 4.74 Å². The summed E-state index contributed by atoms with van der Waals surface area (Å²) in [7, 11) is 1.57. The van der Waals surface area contributed by atoms with E-state index in [0.717, 1.165) is 32.7 Å². The number of rotatable bonds is 7. The number of hydrogen-bond donors (Lipinski definition) is 2. The lowest BCUT2D eigenvalue weighted by molar-refractivity contribution is -0.145. The Kier molecular flexibility index (Phi) is 7.64. The van der Waals surface area contributed by atoms with Gasteiger partial charge in [0.2, 0.25) is 17.7 Å². The SMILES string of the molecule is CCN1CCN(CC(=O)N2CCNC(=O)C2CC(=O)Nc2ccc(OC)cc2)CC1. The fourth-order valence-electron chi connectivity index (χ4n) is 3.82. The van der Waals surface area contributed by atoms with Crippen molar-refractivity contribution in [3.8, 4) is 5.75 Å². The second-order valence-electron chi connectivity index (χ2n) is 7.59. The zero-order chi connectivity index (χ0) is 21.5. The van der Waals surface area contributed by atoms with Gasteiger partial charge in [0, 0.05) is 45.0 Å². The van der Waals surface area contributed by atoms with Crippen molar-refractivity contribution in [2.24, 2.45) is 0 Å². The van der Waals surface area contributed by atoms with Gasteiger partial charge in [-0.1, -0.05) is 6.92 Å². The molecule has 0 aromatic heterocycles. The third kappa shape index (κ3) is 5.70. The van der Waals surface area contributed by atoms with Gasteiger partial charge in [-0.15, -0.1) is 0 Å². The molecule has 0 spiro atoms. The highest BCUT2D eigenvalue weighted by molar-refractivity contribution is 5.97. The van der Waals surface area contributed by atoms with Crippen LogP contribution >= 0.6 is 0 Å². The smallest absolute Gasteiger partial charge is 0.243 e. The highest BCUT2D eigenvalue weighted by atomic mass is 16.5. The van der Waals surface area contributed by atoms with E-state index in [1.165, 1.54) is 0 Å². The van der Waals surface area contributed by atoms with Gasteiger partial charge in [0.1, 0.15) is 11.8 Å². The van der Waals surface area contributed by atoms with E-state index in [0.29, 0.717) is 24.5 Å². The second-order valence-corrected chi connectivity index (χ2v) is 7.59. The first kappa shape index (κ1) is 22.0. The van der Waals surface area contributed by atoms with Gasteiger partial charge >= 0.3 is 0 Å². The molecule has 2 saturated heterocycles. The summed E-state index contributed by atoms with van der Waals surface area (Å²) in [6.45, 7) is 7.81. The van der Waals surface area contributed by atoms with Gasteiger partial charge in [-0.25, -0.2) is 0 Å². The predicted octanol–water partition coefficient (Wildman–Crippen LogP) is -0.0117. The van der Waals surface area contributed by atoms with Gasteiger partial charge < -0.3 is 25.2 Å². The van der Waals surface area contributed by atoms with Crippen molar-refractivity contribution in [2.45, 2.75) is 19.4 Å². The number of amides is 3. The number of carbonyl (C=O) groups excluding carboxylic acids is 3. The maximum Gasteiger partial charge on any atom is 0.243 e. The number of benzene rings is 1. The Balaban J connectivity index is 1.57. The lowest BCUT2D eigenvalue weighted by Crippen LogP contribution is -2.60. The zero-order valence-corrected chi connectivity index (χ0v) is 17.7. The molecule has 3 rings (SSSR count). The minimum Gasteiger partial charge on any atom is -0.497 e. The van der Waals surface area contributed by atoms with Crippen LogP contribution in [0, 0.1) is 0 Å². The summed E-state index contributed by atoms with van der Waals surface area (Å²) in [6.07, 6.45) is -0.0762. The molecule has 1 aromatic carbocycles. The van der Waals surface area contributed by atoms with Crippen molar-refractivity contribution >= 4 is 23.4 Å². The molecule has 1 unspecified atom stereocenters. The molecule has 30 heavy (non-hydrogen) atoms. The molecule has 1 atom stereocenters. The van der Waals surface area contributed by atoms with E-state index in [2.05, 4.69) is 27.4 Å². The van der Waals surface area contributed by atoms with Crippen LogP contribution in [0.5, 0.6) is 5.75 Å². The molecule has 164 valence electrons. The molecule has 2 aliphatic rings. The maximum atomic E-state index is 12.9. The van der Waals surface area contributed by atoms with E-state index in [1.54, 1.807) is 36.3 Å². The number of methoxy groups -OCH3 is 1. The normalized spacial score (nSPS) is 20.5. The summed E-state index contributed by atoms with van der Waals surface area (Å²) >= 11 is 0. The second kappa shape index (κ2) is 10.4. The summed E-state index contributed by atoms with van der Waals surface area (Å²) in [5, 5.41) is 5.55. The van der Waals surface area contributed by atoms with Crippen LogP contribution in [0.15, 0.2) is 24.3 Å². The fourth-order valence-corrected chi connectivity index (χ4v) is 3.82. The molecule has 9 heteroatoms. The molecule has 0 radical (unpaired) electrons. The molecule has 0 bridgehead atoms. The Labute approximate surface area is 177 Å². The van der Waals surface area contributed by atoms with Crippen LogP contribution in [-0.2, 0) is 14.4 Å². The number of nitrogens with one attached hydrogen (secondary N) is 2. The van der Waals surface area contributed by atoms with Gasteiger partial charge in [0.25, 0.3) is 0 Å². The minimum absolute atomic E-state index is 0.0762. The van der Waals surface area contributed by atoms with Crippen molar-refractivity contribution in [2.75, 3.05) is 64.8 Å². The number of anilines is 1. The van der Waals surface area contributed by atoms with E-state index >= 15 is 0 Å². The first-order chi connectivity index (χ1) is 14.5. The summed E-state index contributed by atoms with van der Waals surface area (Å²) in [5.41, 5.74) is 0.615. The Morgan fingerprint density at radius 1 is 1.10 bits per heavy atom. The minimum atomic E-state index is -0.790. The lowest BCUT2D eigenvalue weighted by Gasteiger charge is -2.38. The highest BCUT2D eigenvalue weighted by Gasteiger charge is 2.35. The summed E-state index contributed by atoms with van der Waals surface area (Å²) in [6, 6.07) is 6.17. The topological polar surface area (TPSA) is 94.2 Å². The molecule has 0 aliphatic carbocycles. The average molecular weight is 418 g/mol. The van der Waals surface area contributed by atoms with Gasteiger partial charge in [-0.2, -0.15) is 0 Å². The Hall–Kier alpha value is -2.65. The third-order valence-electron chi connectivity index (χ3n) is 5.67. The monoisotopic (exact) mass is 417 g/mol. The highest BCUT2D eigenvalue weighted by Crippen LogP contribution is 2.17. The summed E-state index contributed by atoms with van der Waals surface area (Å²) in [4.78, 5) is 43.9. The van der Waals surface area contributed by atoms with E-state index in [1.807, 2.05) is 0 Å². The van der Waals surface area contributed by atoms with Gasteiger partial charge in [-0.3, -0.25) is 19.3 Å². The summed E-state index contributed by atoms with van der Waals surface area (Å²) < 4.78 is 5.11. The van der Waals surface area contributed by atoms with Gasteiger partial charge in [0.05, 0.1) is 20.1 Å². The van der Waals surface area contributed by atoms with E-state index in [9.17, 15) is 14.4 Å². The Morgan fingerprint density at radius 3 is 2.40 bits per heavy atom. The first-order valence-electron chi connectivity index (χ1n) is 10.5. The number of likely N-dealkylation sites (N-methyl/N-ethyl adjacent to an activating group) is 1. The lowest BCUT2D eigenvalue weighted by atomic mass is 10.1. The molecule has 2 N–H and O–H groups in total. The molecule has 0 saturated carbocycles. The average Bonchev–Trinajstić information content (AvgIpc) is 2.76. The maximum absolute atomic E-state index is 12.9. The first-order valence-corrected chi connectivity index (χ1v) is 10.5. The molecule has 2 fully saturated rings. The molecule has 2 heterocycles. The number of hydrogen-bond acceptors (Lipinski definition) is 6. The molecule has 9 nitrogen and oxygen atoms in total. The van der Waals surface area contributed by atoms with Crippen LogP contribution in [0.25, 0.3) is 0 Å². The molecular formula is C21H31N5O4. The van der Waals surface area contributed by atoms with Crippen LogP contribution < -0.4 is 15.4 Å². The molecular weight excluding hydrogens is 386 g/mol. The van der Waals surface area contributed by atoms with Crippen molar-refractivity contribution in [3.05, 3.63) is 24.3 Å². The number of nitrogens with zero attached hydrogens (tertiary/aromatic N) is 3. The van der Waals surface area contributed by atoms with Crippen LogP contribution in [-0.4, -0.2) is 97.9 Å². The van der Waals surface area contributed by atoms with Crippen molar-refractivity contribution < 1.29 is 19.1 Å². The van der Waals surface area contributed by atoms with Gasteiger partial charge in [-0.05, 0) is 30.8 Å². The van der Waals surface area contributed by atoms with Crippen molar-refractivity contribution in [1.29, 1.82) is 0 Å². The van der Waals surface area contributed by atoms with Crippen LogP contribution in [0.2, 0.25) is 0 Å². The Morgan fingerprint density at radius 2 is 1.77 bits per heavy atom. The van der Waals surface area contributed by atoms with E-state index in [-0.39, 0.29) is 30.7 Å². The standard InChI is InChI=1S/C21H31N5O4/c1-3-24-10-12-25(13-11-24)15-20(28)26-9-8-22-21(29)18(26)14-19(27)23-16-4-6-17(30-2)7-5-16/h4-7,18H,3,8-15H2,1-2H3,(H,22,29)(H,23,27). The van der Waals surface area contributed by atoms with E-state index < -0.39 is 6.04 Å². The van der Waals surface area contributed by atoms with Crippen LogP contribution in [0.3, 0.4) is 0 Å². The third-order valence-corrected chi connectivity index (χ3v) is 5.67. The number of piperazine rings is 2. The van der Waals surface area contributed by atoms with Gasteiger partial charge in [0.15, 0.2) is 0 Å². The fraction of sp³-hybridized carbons (Fsp3) is 0.571. The van der Waals surface area contributed by atoms with Crippen molar-refractivity contribution in [3.63, 3.8) is 0 Å². The Bertz CT molecular complexity index is 746.